The van der Waals surface area contributed by atoms with Gasteiger partial charge in [-0.05, 0) is 30.8 Å². The average molecular weight is 308 g/mol. The molecule has 0 heterocycles. The van der Waals surface area contributed by atoms with Crippen molar-refractivity contribution in [3.63, 3.8) is 0 Å². The maximum Gasteiger partial charge on any atom is 0.338 e. The molecular formula is C16H15ClFNO2. The third kappa shape index (κ3) is 4.03. The number of benzene rings is 2. The van der Waals surface area contributed by atoms with Crippen molar-refractivity contribution >= 4 is 17.6 Å². The summed E-state index contributed by atoms with van der Waals surface area (Å²) in [5.41, 5.74) is 1.12. The van der Waals surface area contributed by atoms with Crippen molar-refractivity contribution in [2.24, 2.45) is 0 Å². The lowest BCUT2D eigenvalue weighted by Gasteiger charge is -2.17. The lowest BCUT2D eigenvalue weighted by molar-refractivity contribution is 0.0691. The molecule has 21 heavy (non-hydrogen) atoms. The Bertz CT molecular complexity index is 643. The topological polar surface area (TPSA) is 40.5 Å². The molecule has 0 atom stereocenters. The summed E-state index contributed by atoms with van der Waals surface area (Å²) >= 11 is 5.83. The Morgan fingerprint density at radius 3 is 2.48 bits per heavy atom. The van der Waals surface area contributed by atoms with Gasteiger partial charge in [0.1, 0.15) is 5.82 Å². The van der Waals surface area contributed by atoms with Crippen molar-refractivity contribution in [2.45, 2.75) is 13.1 Å². The molecule has 110 valence electrons. The van der Waals surface area contributed by atoms with Crippen LogP contribution < -0.4 is 0 Å². The van der Waals surface area contributed by atoms with E-state index in [-0.39, 0.29) is 5.56 Å². The number of carboxylic acid groups (broad SMARTS) is 1. The molecule has 0 unspecified atom stereocenters. The van der Waals surface area contributed by atoms with E-state index >= 15 is 0 Å². The molecule has 0 fully saturated rings. The van der Waals surface area contributed by atoms with Gasteiger partial charge in [0.05, 0.1) is 5.56 Å². The largest absolute Gasteiger partial charge is 0.478 e. The van der Waals surface area contributed by atoms with E-state index in [1.807, 2.05) is 24.1 Å². The average Bonchev–Trinajstić information content (AvgIpc) is 2.43. The molecule has 2 aromatic carbocycles. The van der Waals surface area contributed by atoms with Crippen molar-refractivity contribution in [1.82, 2.24) is 4.90 Å². The number of carboxylic acids is 1. The van der Waals surface area contributed by atoms with Gasteiger partial charge in [-0.1, -0.05) is 35.9 Å². The lowest BCUT2D eigenvalue weighted by Crippen LogP contribution is -2.18. The minimum atomic E-state index is -1.25. The second-order valence-corrected chi connectivity index (χ2v) is 5.32. The monoisotopic (exact) mass is 307 g/mol. The molecule has 0 aliphatic carbocycles. The number of halogens is 2. The van der Waals surface area contributed by atoms with Crippen molar-refractivity contribution in [1.29, 1.82) is 0 Å². The molecule has 2 aromatic rings. The van der Waals surface area contributed by atoms with E-state index in [0.29, 0.717) is 23.7 Å². The van der Waals surface area contributed by atoms with Crippen LogP contribution >= 0.6 is 11.6 Å². The Balaban J connectivity index is 2.09. The Morgan fingerprint density at radius 1 is 1.19 bits per heavy atom. The molecule has 0 radical (unpaired) electrons. The Labute approximate surface area is 127 Å². The zero-order valence-electron chi connectivity index (χ0n) is 11.5. The fourth-order valence-electron chi connectivity index (χ4n) is 2.12. The summed E-state index contributed by atoms with van der Waals surface area (Å²) in [7, 11) is 1.85. The zero-order valence-corrected chi connectivity index (χ0v) is 12.3. The maximum absolute atomic E-state index is 14.1. The Hall–Kier alpha value is -1.91. The number of nitrogens with zero attached hydrogens (tertiary/aromatic N) is 1. The summed E-state index contributed by atoms with van der Waals surface area (Å²) in [6.45, 7) is 0.948. The van der Waals surface area contributed by atoms with E-state index in [1.165, 1.54) is 6.07 Å². The molecule has 0 aromatic heterocycles. The Kier molecular flexibility index (Phi) is 4.94. The van der Waals surface area contributed by atoms with Crippen LogP contribution in [0.1, 0.15) is 21.5 Å². The van der Waals surface area contributed by atoms with Crippen LogP contribution in [0.25, 0.3) is 0 Å². The van der Waals surface area contributed by atoms with E-state index in [1.54, 1.807) is 24.3 Å². The third-order valence-corrected chi connectivity index (χ3v) is 3.37. The predicted octanol–water partition coefficient (Wildman–Crippen LogP) is 3.81. The molecule has 0 saturated carbocycles. The van der Waals surface area contributed by atoms with Gasteiger partial charge < -0.3 is 5.11 Å². The third-order valence-electron chi connectivity index (χ3n) is 3.12. The summed E-state index contributed by atoms with van der Waals surface area (Å²) in [6.07, 6.45) is 0. The minimum absolute atomic E-state index is 0.299. The standard InChI is InChI=1S/C16H15ClFNO2/c1-19(9-11-5-7-13(17)8-6-11)10-12-3-2-4-14(15(12)18)16(20)21/h2-8H,9-10H2,1H3,(H,20,21). The molecule has 0 aliphatic rings. The smallest absolute Gasteiger partial charge is 0.338 e. The van der Waals surface area contributed by atoms with Crippen molar-refractivity contribution < 1.29 is 14.3 Å². The minimum Gasteiger partial charge on any atom is -0.478 e. The number of carbonyl (C=O) groups is 1. The highest BCUT2D eigenvalue weighted by atomic mass is 35.5. The maximum atomic E-state index is 14.1. The van der Waals surface area contributed by atoms with E-state index in [2.05, 4.69) is 0 Å². The fourth-order valence-corrected chi connectivity index (χ4v) is 2.24. The molecule has 0 bridgehead atoms. The molecule has 2 rings (SSSR count). The molecule has 5 heteroatoms. The predicted molar refractivity (Wildman–Crippen MR) is 80.0 cm³/mol. The summed E-state index contributed by atoms with van der Waals surface area (Å²) in [4.78, 5) is 12.8. The summed E-state index contributed by atoms with van der Waals surface area (Å²) in [5, 5.41) is 9.59. The normalized spacial score (nSPS) is 10.9. The molecule has 3 nitrogen and oxygen atoms in total. The second kappa shape index (κ2) is 6.70. The van der Waals surface area contributed by atoms with Crippen LogP contribution in [0.2, 0.25) is 5.02 Å². The summed E-state index contributed by atoms with van der Waals surface area (Å²) in [5.74, 6) is -1.93. The van der Waals surface area contributed by atoms with Gasteiger partial charge in [0.25, 0.3) is 0 Å². The highest BCUT2D eigenvalue weighted by molar-refractivity contribution is 6.30. The fraction of sp³-hybridized carbons (Fsp3) is 0.188. The van der Waals surface area contributed by atoms with Gasteiger partial charge in [0.15, 0.2) is 0 Å². The van der Waals surface area contributed by atoms with Crippen LogP contribution in [0.4, 0.5) is 4.39 Å². The number of hydrogen-bond acceptors (Lipinski definition) is 2. The van der Waals surface area contributed by atoms with E-state index < -0.39 is 11.8 Å². The lowest BCUT2D eigenvalue weighted by atomic mass is 10.1. The van der Waals surface area contributed by atoms with E-state index in [4.69, 9.17) is 16.7 Å². The van der Waals surface area contributed by atoms with Gasteiger partial charge in [0.2, 0.25) is 0 Å². The number of rotatable bonds is 5. The van der Waals surface area contributed by atoms with Gasteiger partial charge >= 0.3 is 5.97 Å². The van der Waals surface area contributed by atoms with Crippen molar-refractivity contribution in [3.05, 3.63) is 70.0 Å². The first kappa shape index (κ1) is 15.5. The van der Waals surface area contributed by atoms with Gasteiger partial charge in [-0.3, -0.25) is 4.90 Å². The SMILES string of the molecule is CN(Cc1ccc(Cl)cc1)Cc1cccc(C(=O)O)c1F. The van der Waals surface area contributed by atoms with Gasteiger partial charge in [0, 0.05) is 23.7 Å². The molecule has 0 amide bonds. The molecule has 1 N–H and O–H groups in total. The number of hydrogen-bond donors (Lipinski definition) is 1. The van der Waals surface area contributed by atoms with Crippen LogP contribution in [0, 0.1) is 5.82 Å². The molecule has 0 aliphatic heterocycles. The zero-order chi connectivity index (χ0) is 15.4. The molecule has 0 saturated heterocycles. The van der Waals surface area contributed by atoms with Crippen LogP contribution in [0.5, 0.6) is 0 Å². The van der Waals surface area contributed by atoms with E-state index in [0.717, 1.165) is 5.56 Å². The molecular weight excluding hydrogens is 293 g/mol. The first-order chi connectivity index (χ1) is 9.97. The highest BCUT2D eigenvalue weighted by Crippen LogP contribution is 2.16. The highest BCUT2D eigenvalue weighted by Gasteiger charge is 2.14. The number of aromatic carboxylic acids is 1. The summed E-state index contributed by atoms with van der Waals surface area (Å²) < 4.78 is 14.1. The summed E-state index contributed by atoms with van der Waals surface area (Å²) in [6, 6.07) is 11.8. The molecule has 0 spiro atoms. The quantitative estimate of drug-likeness (QED) is 0.913. The second-order valence-electron chi connectivity index (χ2n) is 4.88. The first-order valence-corrected chi connectivity index (χ1v) is 6.79. The van der Waals surface area contributed by atoms with Gasteiger partial charge in [-0.2, -0.15) is 0 Å². The van der Waals surface area contributed by atoms with Crippen molar-refractivity contribution in [2.75, 3.05) is 7.05 Å². The Morgan fingerprint density at radius 2 is 1.86 bits per heavy atom. The van der Waals surface area contributed by atoms with Crippen LogP contribution in [0.3, 0.4) is 0 Å². The van der Waals surface area contributed by atoms with Gasteiger partial charge in [-0.25, -0.2) is 9.18 Å². The first-order valence-electron chi connectivity index (χ1n) is 6.41. The van der Waals surface area contributed by atoms with Crippen LogP contribution in [0.15, 0.2) is 42.5 Å². The van der Waals surface area contributed by atoms with Crippen molar-refractivity contribution in [3.8, 4) is 0 Å². The van der Waals surface area contributed by atoms with E-state index in [9.17, 15) is 9.18 Å². The van der Waals surface area contributed by atoms with Gasteiger partial charge in [-0.15, -0.1) is 0 Å². The van der Waals surface area contributed by atoms with Crippen LogP contribution in [-0.2, 0) is 13.1 Å². The van der Waals surface area contributed by atoms with Crippen LogP contribution in [-0.4, -0.2) is 23.0 Å².